The van der Waals surface area contributed by atoms with Gasteiger partial charge in [0.05, 0.1) is 5.75 Å². The number of nitrogens with one attached hydrogen (secondary N) is 1. The molecular formula is C24H29N5OS. The zero-order valence-electron chi connectivity index (χ0n) is 18.3. The standard InChI is InChI=1S/C24H29N5OS/c1-5-16-29-23(19-10-14-21(15-11-19)28(6-2)7-3)26-27-24(29)31-17-22(30)25-20-12-8-18(4)9-13-20/h5,8-15H,1,6-7,16-17H2,2-4H3,(H,25,30). The number of aromatic nitrogens is 3. The number of hydrogen-bond acceptors (Lipinski definition) is 5. The number of amides is 1. The summed E-state index contributed by atoms with van der Waals surface area (Å²) in [6.07, 6.45) is 1.81. The SMILES string of the molecule is C=CCn1c(SCC(=O)Nc2ccc(C)cc2)nnc1-c1ccc(N(CC)CC)cc1. The zero-order chi connectivity index (χ0) is 22.2. The normalized spacial score (nSPS) is 10.7. The third kappa shape index (κ3) is 5.76. The maximum atomic E-state index is 12.4. The highest BCUT2D eigenvalue weighted by molar-refractivity contribution is 7.99. The van der Waals surface area contributed by atoms with Crippen LogP contribution in [0, 0.1) is 6.92 Å². The largest absolute Gasteiger partial charge is 0.372 e. The van der Waals surface area contributed by atoms with Gasteiger partial charge in [0.2, 0.25) is 5.91 Å². The van der Waals surface area contributed by atoms with Crippen LogP contribution in [-0.2, 0) is 11.3 Å². The van der Waals surface area contributed by atoms with Crippen LogP contribution in [0.4, 0.5) is 11.4 Å². The summed E-state index contributed by atoms with van der Waals surface area (Å²) in [5.74, 6) is 0.948. The van der Waals surface area contributed by atoms with Crippen LogP contribution in [0.2, 0.25) is 0 Å². The number of anilines is 2. The van der Waals surface area contributed by atoms with Gasteiger partial charge < -0.3 is 10.2 Å². The molecule has 0 aliphatic heterocycles. The van der Waals surface area contributed by atoms with E-state index in [9.17, 15) is 4.79 Å². The van der Waals surface area contributed by atoms with Gasteiger partial charge in [0.15, 0.2) is 11.0 Å². The molecule has 0 aliphatic rings. The average molecular weight is 436 g/mol. The highest BCUT2D eigenvalue weighted by Crippen LogP contribution is 2.26. The van der Waals surface area contributed by atoms with Crippen LogP contribution in [0.25, 0.3) is 11.4 Å². The summed E-state index contributed by atoms with van der Waals surface area (Å²) in [6, 6.07) is 16.1. The van der Waals surface area contributed by atoms with Crippen LogP contribution in [0.5, 0.6) is 0 Å². The molecule has 3 aromatic rings. The summed E-state index contributed by atoms with van der Waals surface area (Å²) in [6.45, 7) is 12.7. The predicted molar refractivity (Wildman–Crippen MR) is 130 cm³/mol. The van der Waals surface area contributed by atoms with Gasteiger partial charge in [-0.15, -0.1) is 16.8 Å². The molecule has 0 atom stereocenters. The third-order valence-corrected chi connectivity index (χ3v) is 5.92. The summed E-state index contributed by atoms with van der Waals surface area (Å²) in [4.78, 5) is 14.7. The first-order valence-corrected chi connectivity index (χ1v) is 11.4. The van der Waals surface area contributed by atoms with Crippen molar-refractivity contribution in [1.29, 1.82) is 0 Å². The molecule has 31 heavy (non-hydrogen) atoms. The van der Waals surface area contributed by atoms with Crippen LogP contribution in [0.3, 0.4) is 0 Å². The molecule has 0 spiro atoms. The Balaban J connectivity index is 1.72. The van der Waals surface area contributed by atoms with Crippen molar-refractivity contribution in [1.82, 2.24) is 14.8 Å². The Morgan fingerprint density at radius 3 is 2.39 bits per heavy atom. The van der Waals surface area contributed by atoms with Crippen molar-refractivity contribution in [3.05, 3.63) is 66.7 Å². The van der Waals surface area contributed by atoms with Crippen LogP contribution < -0.4 is 10.2 Å². The second-order valence-corrected chi connectivity index (χ2v) is 8.07. The number of rotatable bonds is 10. The van der Waals surface area contributed by atoms with E-state index in [2.05, 4.69) is 65.1 Å². The van der Waals surface area contributed by atoms with Gasteiger partial charge in [-0.1, -0.05) is 35.5 Å². The quantitative estimate of drug-likeness (QED) is 0.358. The molecule has 3 rings (SSSR count). The van der Waals surface area contributed by atoms with Gasteiger partial charge >= 0.3 is 0 Å². The minimum atomic E-state index is -0.0767. The fourth-order valence-electron chi connectivity index (χ4n) is 3.28. The fourth-order valence-corrected chi connectivity index (χ4v) is 4.02. The van der Waals surface area contributed by atoms with Crippen molar-refractivity contribution in [2.75, 3.05) is 29.1 Å². The van der Waals surface area contributed by atoms with Crippen molar-refractivity contribution in [3.63, 3.8) is 0 Å². The Morgan fingerprint density at radius 2 is 1.77 bits per heavy atom. The molecule has 1 amide bonds. The van der Waals surface area contributed by atoms with Crippen LogP contribution in [-0.4, -0.2) is 39.5 Å². The molecule has 0 bridgehead atoms. The van der Waals surface area contributed by atoms with Gasteiger partial charge in [-0.05, 0) is 57.2 Å². The van der Waals surface area contributed by atoms with Crippen LogP contribution in [0.1, 0.15) is 19.4 Å². The van der Waals surface area contributed by atoms with Crippen molar-refractivity contribution < 1.29 is 4.79 Å². The Kier molecular flexibility index (Phi) is 7.89. The highest BCUT2D eigenvalue weighted by atomic mass is 32.2. The van der Waals surface area contributed by atoms with E-state index in [-0.39, 0.29) is 11.7 Å². The number of carbonyl (C=O) groups excluding carboxylic acids is 1. The molecule has 0 saturated carbocycles. The van der Waals surface area contributed by atoms with Crippen molar-refractivity contribution in [2.45, 2.75) is 32.5 Å². The highest BCUT2D eigenvalue weighted by Gasteiger charge is 2.15. The first-order chi connectivity index (χ1) is 15.0. The second-order valence-electron chi connectivity index (χ2n) is 7.13. The van der Waals surface area contributed by atoms with Crippen LogP contribution >= 0.6 is 11.8 Å². The van der Waals surface area contributed by atoms with Crippen molar-refractivity contribution in [3.8, 4) is 11.4 Å². The smallest absolute Gasteiger partial charge is 0.234 e. The number of benzene rings is 2. The zero-order valence-corrected chi connectivity index (χ0v) is 19.2. The lowest BCUT2D eigenvalue weighted by molar-refractivity contribution is -0.113. The lowest BCUT2D eigenvalue weighted by atomic mass is 10.2. The monoisotopic (exact) mass is 435 g/mol. The maximum Gasteiger partial charge on any atom is 0.234 e. The van der Waals surface area contributed by atoms with E-state index >= 15 is 0 Å². The van der Waals surface area contributed by atoms with E-state index in [1.165, 1.54) is 17.4 Å². The Morgan fingerprint density at radius 1 is 1.10 bits per heavy atom. The van der Waals surface area contributed by atoms with Gasteiger partial charge in [0, 0.05) is 36.6 Å². The Labute approximate surface area is 188 Å². The van der Waals surface area contributed by atoms with Gasteiger partial charge in [-0.2, -0.15) is 0 Å². The van der Waals surface area contributed by atoms with Crippen molar-refractivity contribution >= 4 is 29.0 Å². The lowest BCUT2D eigenvalue weighted by Gasteiger charge is -2.21. The molecular weight excluding hydrogens is 406 g/mol. The summed E-state index contributed by atoms with van der Waals surface area (Å²) in [7, 11) is 0. The summed E-state index contributed by atoms with van der Waals surface area (Å²) in [5.41, 5.74) is 4.12. The average Bonchev–Trinajstić information content (AvgIpc) is 3.18. The molecule has 0 fully saturated rings. The molecule has 0 aliphatic carbocycles. The first kappa shape index (κ1) is 22.6. The maximum absolute atomic E-state index is 12.4. The summed E-state index contributed by atoms with van der Waals surface area (Å²) < 4.78 is 1.99. The summed E-state index contributed by atoms with van der Waals surface area (Å²) >= 11 is 1.37. The second kappa shape index (κ2) is 10.8. The third-order valence-electron chi connectivity index (χ3n) is 4.95. The minimum absolute atomic E-state index is 0.0767. The molecule has 7 heteroatoms. The molecule has 1 N–H and O–H groups in total. The van der Waals surface area contributed by atoms with Gasteiger partial charge in [-0.25, -0.2) is 0 Å². The van der Waals surface area contributed by atoms with E-state index in [0.717, 1.165) is 35.7 Å². The molecule has 1 aromatic heterocycles. The lowest BCUT2D eigenvalue weighted by Crippen LogP contribution is -2.21. The van der Waals surface area contributed by atoms with E-state index in [0.29, 0.717) is 11.7 Å². The van der Waals surface area contributed by atoms with Gasteiger partial charge in [-0.3, -0.25) is 9.36 Å². The molecule has 0 saturated heterocycles. The number of nitrogens with zero attached hydrogens (tertiary/aromatic N) is 4. The van der Waals surface area contributed by atoms with E-state index in [1.807, 2.05) is 41.8 Å². The number of allylic oxidation sites excluding steroid dienone is 1. The fraction of sp³-hybridized carbons (Fsp3) is 0.292. The molecule has 6 nitrogen and oxygen atoms in total. The van der Waals surface area contributed by atoms with Gasteiger partial charge in [0.1, 0.15) is 0 Å². The van der Waals surface area contributed by atoms with Crippen molar-refractivity contribution in [2.24, 2.45) is 0 Å². The Bertz CT molecular complexity index is 1010. The number of thioether (sulfide) groups is 1. The number of hydrogen-bond donors (Lipinski definition) is 1. The molecule has 1 heterocycles. The topological polar surface area (TPSA) is 63.1 Å². The van der Waals surface area contributed by atoms with Gasteiger partial charge in [0.25, 0.3) is 0 Å². The Hall–Kier alpha value is -3.06. The first-order valence-electron chi connectivity index (χ1n) is 10.4. The molecule has 0 radical (unpaired) electrons. The molecule has 0 unspecified atom stereocenters. The van der Waals surface area contributed by atoms with E-state index < -0.39 is 0 Å². The molecule has 2 aromatic carbocycles. The number of carbonyl (C=O) groups is 1. The van der Waals surface area contributed by atoms with E-state index in [4.69, 9.17) is 0 Å². The van der Waals surface area contributed by atoms with E-state index in [1.54, 1.807) is 0 Å². The minimum Gasteiger partial charge on any atom is -0.372 e. The predicted octanol–water partition coefficient (Wildman–Crippen LogP) is 5.02. The summed E-state index contributed by atoms with van der Waals surface area (Å²) in [5, 5.41) is 12.3. The molecule has 162 valence electrons. The number of aryl methyl sites for hydroxylation is 1. The van der Waals surface area contributed by atoms with Crippen LogP contribution in [0.15, 0.2) is 66.3 Å².